The molecule has 3 rings (SSSR count). The molecular formula is C16H21BrFN. The number of nitrogens with one attached hydrogen (secondary N) is 1. The van der Waals surface area contributed by atoms with Gasteiger partial charge in [-0.25, -0.2) is 4.39 Å². The number of halogens is 2. The van der Waals surface area contributed by atoms with Crippen molar-refractivity contribution in [3.05, 3.63) is 28.5 Å². The lowest BCUT2D eigenvalue weighted by Gasteiger charge is -2.39. The van der Waals surface area contributed by atoms with Crippen molar-refractivity contribution in [1.29, 1.82) is 0 Å². The van der Waals surface area contributed by atoms with Crippen LogP contribution in [0.3, 0.4) is 0 Å². The van der Waals surface area contributed by atoms with Crippen LogP contribution in [0.25, 0.3) is 0 Å². The van der Waals surface area contributed by atoms with Gasteiger partial charge in [0, 0.05) is 11.7 Å². The highest BCUT2D eigenvalue weighted by Crippen LogP contribution is 2.41. The van der Waals surface area contributed by atoms with Gasteiger partial charge in [0.2, 0.25) is 0 Å². The van der Waals surface area contributed by atoms with E-state index in [1.165, 1.54) is 44.9 Å². The molecule has 2 fully saturated rings. The van der Waals surface area contributed by atoms with Gasteiger partial charge in [-0.05, 0) is 65.2 Å². The van der Waals surface area contributed by atoms with Gasteiger partial charge in [0.25, 0.3) is 0 Å². The number of benzene rings is 1. The molecule has 0 aliphatic heterocycles. The van der Waals surface area contributed by atoms with Gasteiger partial charge in [-0.2, -0.15) is 0 Å². The normalized spacial score (nSPS) is 30.7. The molecule has 0 aromatic heterocycles. The van der Waals surface area contributed by atoms with Gasteiger partial charge in [0.05, 0.1) is 4.47 Å². The first-order valence-corrected chi connectivity index (χ1v) is 8.23. The highest BCUT2D eigenvalue weighted by Gasteiger charge is 2.31. The lowest BCUT2D eigenvalue weighted by Crippen LogP contribution is -2.34. The van der Waals surface area contributed by atoms with Crippen LogP contribution in [0.15, 0.2) is 22.7 Å². The van der Waals surface area contributed by atoms with E-state index in [4.69, 9.17) is 0 Å². The maximum absolute atomic E-state index is 13.5. The van der Waals surface area contributed by atoms with Gasteiger partial charge in [-0.3, -0.25) is 0 Å². The zero-order valence-corrected chi connectivity index (χ0v) is 12.8. The van der Waals surface area contributed by atoms with Crippen LogP contribution in [0.1, 0.15) is 44.9 Å². The molecule has 1 aromatic carbocycles. The second-order valence-corrected chi connectivity index (χ2v) is 6.94. The highest BCUT2D eigenvalue weighted by atomic mass is 79.9. The molecule has 3 heteroatoms. The summed E-state index contributed by atoms with van der Waals surface area (Å²) < 4.78 is 14.1. The first-order valence-electron chi connectivity index (χ1n) is 7.44. The lowest BCUT2D eigenvalue weighted by atomic mass is 9.69. The zero-order chi connectivity index (χ0) is 13.2. The molecule has 1 N–H and O–H groups in total. The lowest BCUT2D eigenvalue weighted by molar-refractivity contribution is 0.162. The third-order valence-corrected chi connectivity index (χ3v) is 5.47. The highest BCUT2D eigenvalue weighted by molar-refractivity contribution is 9.10. The molecule has 3 unspecified atom stereocenters. The molecule has 0 amide bonds. The van der Waals surface area contributed by atoms with E-state index in [0.29, 0.717) is 10.5 Å². The predicted octanol–water partition coefficient (Wildman–Crippen LogP) is 5.36. The van der Waals surface area contributed by atoms with Gasteiger partial charge in [0.1, 0.15) is 5.82 Å². The number of rotatable bonds is 2. The van der Waals surface area contributed by atoms with E-state index in [1.807, 2.05) is 6.07 Å². The predicted molar refractivity (Wildman–Crippen MR) is 80.8 cm³/mol. The average Bonchev–Trinajstić information content (AvgIpc) is 2.43. The van der Waals surface area contributed by atoms with Crippen molar-refractivity contribution >= 4 is 21.6 Å². The molecule has 0 saturated heterocycles. The van der Waals surface area contributed by atoms with Crippen molar-refractivity contribution in [3.8, 4) is 0 Å². The molecule has 0 bridgehead atoms. The molecule has 0 radical (unpaired) electrons. The van der Waals surface area contributed by atoms with Crippen LogP contribution < -0.4 is 5.32 Å². The first kappa shape index (κ1) is 13.4. The Hall–Kier alpha value is -0.570. The van der Waals surface area contributed by atoms with Gasteiger partial charge < -0.3 is 5.32 Å². The van der Waals surface area contributed by atoms with E-state index in [0.717, 1.165) is 17.5 Å². The van der Waals surface area contributed by atoms with Gasteiger partial charge in [-0.15, -0.1) is 0 Å². The smallest absolute Gasteiger partial charge is 0.139 e. The minimum absolute atomic E-state index is 0.184. The first-order chi connectivity index (χ1) is 9.22. The van der Waals surface area contributed by atoms with Crippen LogP contribution in [0.2, 0.25) is 0 Å². The summed E-state index contributed by atoms with van der Waals surface area (Å²) >= 11 is 3.20. The Kier molecular flexibility index (Phi) is 4.11. The van der Waals surface area contributed by atoms with Crippen LogP contribution >= 0.6 is 15.9 Å². The van der Waals surface area contributed by atoms with Crippen LogP contribution in [0.5, 0.6) is 0 Å². The van der Waals surface area contributed by atoms with E-state index in [9.17, 15) is 4.39 Å². The fourth-order valence-electron chi connectivity index (χ4n) is 3.83. The monoisotopic (exact) mass is 325 g/mol. The molecule has 2 saturated carbocycles. The zero-order valence-electron chi connectivity index (χ0n) is 11.2. The van der Waals surface area contributed by atoms with Gasteiger partial charge in [0.15, 0.2) is 0 Å². The Bertz CT molecular complexity index is 448. The molecule has 104 valence electrons. The third kappa shape index (κ3) is 3.13. The standard InChI is InChI=1S/C16H21BrFN/c17-15-8-7-14(10-16(15)18)19-13-6-5-11-3-1-2-4-12(11)9-13/h7-8,10-13,19H,1-6,9H2. The summed E-state index contributed by atoms with van der Waals surface area (Å²) in [5.41, 5.74) is 0.917. The summed E-state index contributed by atoms with van der Waals surface area (Å²) in [5.74, 6) is 1.69. The molecule has 0 spiro atoms. The SMILES string of the molecule is Fc1cc(NC2CCC3CCCCC3C2)ccc1Br. The Morgan fingerprint density at radius 3 is 2.63 bits per heavy atom. The number of hydrogen-bond donors (Lipinski definition) is 1. The molecule has 1 aromatic rings. The maximum atomic E-state index is 13.5. The fourth-order valence-corrected chi connectivity index (χ4v) is 4.07. The molecule has 1 nitrogen and oxygen atoms in total. The summed E-state index contributed by atoms with van der Waals surface area (Å²) in [6.07, 6.45) is 9.52. The van der Waals surface area contributed by atoms with Crippen molar-refractivity contribution < 1.29 is 4.39 Å². The van der Waals surface area contributed by atoms with Crippen LogP contribution in [0, 0.1) is 17.7 Å². The fraction of sp³-hybridized carbons (Fsp3) is 0.625. The van der Waals surface area contributed by atoms with Gasteiger partial charge in [-0.1, -0.05) is 25.7 Å². The summed E-state index contributed by atoms with van der Waals surface area (Å²) in [6.45, 7) is 0. The molecule has 2 aliphatic rings. The van der Waals surface area contributed by atoms with E-state index in [-0.39, 0.29) is 5.82 Å². The number of hydrogen-bond acceptors (Lipinski definition) is 1. The van der Waals surface area contributed by atoms with Crippen molar-refractivity contribution in [2.24, 2.45) is 11.8 Å². The van der Waals surface area contributed by atoms with E-state index < -0.39 is 0 Å². The largest absolute Gasteiger partial charge is 0.382 e. The quantitative estimate of drug-likeness (QED) is 0.771. The Balaban J connectivity index is 1.62. The van der Waals surface area contributed by atoms with Gasteiger partial charge >= 0.3 is 0 Å². The average molecular weight is 326 g/mol. The minimum Gasteiger partial charge on any atom is -0.382 e. The topological polar surface area (TPSA) is 12.0 Å². The number of anilines is 1. The second kappa shape index (κ2) is 5.82. The summed E-state index contributed by atoms with van der Waals surface area (Å²) in [6, 6.07) is 5.86. The Morgan fingerprint density at radius 1 is 1.05 bits per heavy atom. The Morgan fingerprint density at radius 2 is 1.84 bits per heavy atom. The van der Waals surface area contributed by atoms with Crippen LogP contribution in [-0.2, 0) is 0 Å². The van der Waals surface area contributed by atoms with E-state index >= 15 is 0 Å². The van der Waals surface area contributed by atoms with Crippen molar-refractivity contribution in [2.45, 2.75) is 51.0 Å². The molecule has 3 atom stereocenters. The summed E-state index contributed by atoms with van der Waals surface area (Å²) in [4.78, 5) is 0. The van der Waals surface area contributed by atoms with Crippen LogP contribution in [-0.4, -0.2) is 6.04 Å². The molecule has 0 heterocycles. The maximum Gasteiger partial charge on any atom is 0.139 e. The number of fused-ring (bicyclic) bond motifs is 1. The van der Waals surface area contributed by atoms with Crippen LogP contribution in [0.4, 0.5) is 10.1 Å². The second-order valence-electron chi connectivity index (χ2n) is 6.09. The molecule has 19 heavy (non-hydrogen) atoms. The third-order valence-electron chi connectivity index (χ3n) is 4.83. The molecular weight excluding hydrogens is 305 g/mol. The van der Waals surface area contributed by atoms with E-state index in [2.05, 4.69) is 21.2 Å². The molecule has 2 aliphatic carbocycles. The van der Waals surface area contributed by atoms with Crippen molar-refractivity contribution in [1.82, 2.24) is 0 Å². The summed E-state index contributed by atoms with van der Waals surface area (Å²) in [7, 11) is 0. The minimum atomic E-state index is -0.184. The van der Waals surface area contributed by atoms with Crippen molar-refractivity contribution in [3.63, 3.8) is 0 Å². The van der Waals surface area contributed by atoms with E-state index in [1.54, 1.807) is 12.1 Å². The summed E-state index contributed by atoms with van der Waals surface area (Å²) in [5, 5.41) is 3.52. The Labute approximate surface area is 123 Å². The van der Waals surface area contributed by atoms with Crippen molar-refractivity contribution in [2.75, 3.05) is 5.32 Å².